The Morgan fingerprint density at radius 1 is 1.15 bits per heavy atom. The lowest BCUT2D eigenvalue weighted by Gasteiger charge is -2.21. The van der Waals surface area contributed by atoms with Gasteiger partial charge in [0.1, 0.15) is 21.9 Å². The number of fused-ring (bicyclic) bond motifs is 1. The van der Waals surface area contributed by atoms with Gasteiger partial charge in [-0.15, -0.1) is 11.3 Å². The van der Waals surface area contributed by atoms with Gasteiger partial charge in [0, 0.05) is 11.3 Å². The first-order chi connectivity index (χ1) is 16.3. The number of amides is 1. The van der Waals surface area contributed by atoms with Crippen molar-refractivity contribution in [3.8, 4) is 0 Å². The summed E-state index contributed by atoms with van der Waals surface area (Å²) >= 11 is 1.14. The van der Waals surface area contributed by atoms with Crippen LogP contribution in [-0.4, -0.2) is 33.3 Å². The van der Waals surface area contributed by atoms with Crippen molar-refractivity contribution >= 4 is 44.9 Å². The minimum absolute atomic E-state index is 0.0645. The second kappa shape index (κ2) is 9.89. The Balaban J connectivity index is 1.55. The molecule has 3 aromatic rings. The average molecular weight is 482 g/mol. The summed E-state index contributed by atoms with van der Waals surface area (Å²) in [5.41, 5.74) is 1.20. The number of aryl methyl sites for hydroxylation is 1. The number of anilines is 1. The number of nitrogens with one attached hydrogen (secondary N) is 1. The first kappa shape index (κ1) is 23.8. The number of esters is 1. The van der Waals surface area contributed by atoms with Gasteiger partial charge in [-0.3, -0.25) is 19.0 Å². The zero-order valence-electron chi connectivity index (χ0n) is 19.4. The van der Waals surface area contributed by atoms with E-state index >= 15 is 0 Å². The maximum absolute atomic E-state index is 13.3. The van der Waals surface area contributed by atoms with Crippen molar-refractivity contribution in [2.24, 2.45) is 0 Å². The monoisotopic (exact) mass is 481 g/mol. The van der Waals surface area contributed by atoms with Gasteiger partial charge in [0.2, 0.25) is 5.91 Å². The lowest BCUT2D eigenvalue weighted by molar-refractivity contribution is -0.118. The molecule has 0 spiro atoms. The van der Waals surface area contributed by atoms with Gasteiger partial charge < -0.3 is 10.1 Å². The van der Waals surface area contributed by atoms with Crippen LogP contribution in [-0.2, 0) is 9.53 Å². The first-order valence-corrected chi connectivity index (χ1v) is 12.2. The maximum atomic E-state index is 13.3. The normalized spacial score (nSPS) is 15.1. The second-order valence-corrected chi connectivity index (χ2v) is 9.66. The van der Waals surface area contributed by atoms with Crippen molar-refractivity contribution < 1.29 is 19.1 Å². The quantitative estimate of drug-likeness (QED) is 0.405. The molecule has 0 saturated heterocycles. The van der Waals surface area contributed by atoms with Crippen molar-refractivity contribution in [1.82, 2.24) is 9.55 Å². The number of rotatable bonds is 6. The Morgan fingerprint density at radius 3 is 2.47 bits per heavy atom. The second-order valence-electron chi connectivity index (χ2n) is 8.66. The molecule has 1 N–H and O–H groups in total. The summed E-state index contributed by atoms with van der Waals surface area (Å²) < 4.78 is 6.94. The maximum Gasteiger partial charge on any atom is 0.348 e. The van der Waals surface area contributed by atoms with E-state index in [2.05, 4.69) is 10.3 Å². The molecule has 1 amide bonds. The molecule has 9 heteroatoms. The molecule has 1 fully saturated rings. The van der Waals surface area contributed by atoms with E-state index in [9.17, 15) is 19.2 Å². The summed E-state index contributed by atoms with van der Waals surface area (Å²) in [6.07, 6.45) is 6.25. The lowest BCUT2D eigenvalue weighted by atomic mass is 9.98. The van der Waals surface area contributed by atoms with Gasteiger partial charge in [-0.2, -0.15) is 0 Å². The third kappa shape index (κ3) is 4.79. The van der Waals surface area contributed by atoms with Crippen molar-refractivity contribution in [2.75, 3.05) is 5.32 Å². The van der Waals surface area contributed by atoms with Crippen molar-refractivity contribution in [3.05, 3.63) is 57.0 Å². The minimum Gasteiger partial charge on any atom is -0.458 e. The number of benzene rings is 1. The van der Waals surface area contributed by atoms with E-state index < -0.39 is 17.9 Å². The molecule has 1 aliphatic carbocycles. The van der Waals surface area contributed by atoms with E-state index in [1.54, 1.807) is 38.1 Å². The number of carbonyl (C=O) groups is 3. The van der Waals surface area contributed by atoms with Gasteiger partial charge in [0.25, 0.3) is 5.56 Å². The molecule has 0 aliphatic heterocycles. The van der Waals surface area contributed by atoms with Crippen LogP contribution in [0.25, 0.3) is 10.2 Å². The van der Waals surface area contributed by atoms with E-state index in [4.69, 9.17) is 4.74 Å². The summed E-state index contributed by atoms with van der Waals surface area (Å²) in [6.45, 7) is 4.79. The van der Waals surface area contributed by atoms with Crippen molar-refractivity contribution in [1.29, 1.82) is 0 Å². The van der Waals surface area contributed by atoms with E-state index in [0.29, 0.717) is 31.9 Å². The Morgan fingerprint density at radius 2 is 1.82 bits per heavy atom. The third-order valence-electron chi connectivity index (χ3n) is 6.24. The Labute approximate surface area is 201 Å². The number of ketones is 1. The fraction of sp³-hybridized carbons (Fsp3) is 0.400. The predicted molar refractivity (Wildman–Crippen MR) is 131 cm³/mol. The standard InChI is InChI=1S/C25H27N3O5S/c1-14-20-23(34-21(14)25(32)33-19-7-5-4-6-8-19)26-13-28(24(20)31)15(2)22(30)27-18-11-9-17(10-12-18)16(3)29/h9-13,15,19H,4-8H2,1-3H3,(H,27,30). The largest absolute Gasteiger partial charge is 0.458 e. The van der Waals surface area contributed by atoms with E-state index in [1.807, 2.05) is 0 Å². The summed E-state index contributed by atoms with van der Waals surface area (Å²) in [4.78, 5) is 55.4. The molecule has 0 bridgehead atoms. The molecule has 4 rings (SSSR count). The van der Waals surface area contributed by atoms with Crippen molar-refractivity contribution in [2.45, 2.75) is 65.0 Å². The molecule has 178 valence electrons. The molecule has 1 atom stereocenters. The Kier molecular flexibility index (Phi) is 6.92. The zero-order valence-corrected chi connectivity index (χ0v) is 20.2. The van der Waals surface area contributed by atoms with Gasteiger partial charge in [-0.1, -0.05) is 6.42 Å². The molecular formula is C25H27N3O5S. The first-order valence-electron chi connectivity index (χ1n) is 11.4. The Hall–Kier alpha value is -3.33. The highest BCUT2D eigenvalue weighted by molar-refractivity contribution is 7.20. The molecule has 1 aromatic carbocycles. The highest BCUT2D eigenvalue weighted by Gasteiger charge is 2.26. The van der Waals surface area contributed by atoms with E-state index in [-0.39, 0.29) is 17.4 Å². The van der Waals surface area contributed by atoms with Crippen LogP contribution in [0.5, 0.6) is 0 Å². The number of Topliss-reactive ketones (excluding diaryl/α,β-unsaturated/α-hetero) is 1. The van der Waals surface area contributed by atoms with Crippen LogP contribution in [0.3, 0.4) is 0 Å². The van der Waals surface area contributed by atoms with Gasteiger partial charge in [-0.05, 0) is 76.3 Å². The van der Waals surface area contributed by atoms with Crippen LogP contribution >= 0.6 is 11.3 Å². The molecule has 1 aliphatic rings. The zero-order chi connectivity index (χ0) is 24.4. The van der Waals surface area contributed by atoms with Crippen LogP contribution < -0.4 is 10.9 Å². The molecule has 1 unspecified atom stereocenters. The van der Waals surface area contributed by atoms with Crippen LogP contribution in [0.1, 0.15) is 77.6 Å². The van der Waals surface area contributed by atoms with Crippen molar-refractivity contribution in [3.63, 3.8) is 0 Å². The minimum atomic E-state index is -0.839. The average Bonchev–Trinajstić information content (AvgIpc) is 3.17. The predicted octanol–water partition coefficient (Wildman–Crippen LogP) is 4.66. The number of nitrogens with zero attached hydrogens (tertiary/aromatic N) is 2. The van der Waals surface area contributed by atoms with Crippen LogP contribution in [0.15, 0.2) is 35.4 Å². The highest BCUT2D eigenvalue weighted by atomic mass is 32.1. The van der Waals surface area contributed by atoms with Gasteiger partial charge in [0.15, 0.2) is 5.78 Å². The number of hydrogen-bond acceptors (Lipinski definition) is 7. The SMILES string of the molecule is CC(=O)c1ccc(NC(=O)C(C)n2cnc3sc(C(=O)OC4CCCCC4)c(C)c3c2=O)cc1. The molecule has 8 nitrogen and oxygen atoms in total. The highest BCUT2D eigenvalue weighted by Crippen LogP contribution is 2.30. The molecule has 34 heavy (non-hydrogen) atoms. The molecule has 2 aromatic heterocycles. The topological polar surface area (TPSA) is 107 Å². The van der Waals surface area contributed by atoms with E-state index in [0.717, 1.165) is 43.4 Å². The van der Waals surface area contributed by atoms with Crippen LogP contribution in [0, 0.1) is 6.92 Å². The van der Waals surface area contributed by atoms with Gasteiger partial charge in [0.05, 0.1) is 11.7 Å². The molecule has 2 heterocycles. The van der Waals surface area contributed by atoms with Crippen LogP contribution in [0.4, 0.5) is 5.69 Å². The van der Waals surface area contributed by atoms with E-state index in [1.165, 1.54) is 17.8 Å². The van der Waals surface area contributed by atoms with Gasteiger partial charge in [-0.25, -0.2) is 9.78 Å². The number of hydrogen-bond donors (Lipinski definition) is 1. The smallest absolute Gasteiger partial charge is 0.348 e. The third-order valence-corrected chi connectivity index (χ3v) is 7.42. The Bertz CT molecular complexity index is 1300. The summed E-state index contributed by atoms with van der Waals surface area (Å²) in [7, 11) is 0. The van der Waals surface area contributed by atoms with Gasteiger partial charge >= 0.3 is 5.97 Å². The molecule has 0 radical (unpaired) electrons. The number of aromatic nitrogens is 2. The molecule has 1 saturated carbocycles. The fourth-order valence-electron chi connectivity index (χ4n) is 4.16. The fourth-order valence-corrected chi connectivity index (χ4v) is 5.18. The summed E-state index contributed by atoms with van der Waals surface area (Å²) in [6, 6.07) is 5.70. The number of thiophene rings is 1. The summed E-state index contributed by atoms with van der Waals surface area (Å²) in [5, 5.41) is 3.08. The molecular weight excluding hydrogens is 454 g/mol. The van der Waals surface area contributed by atoms with Crippen LogP contribution in [0.2, 0.25) is 0 Å². The lowest BCUT2D eigenvalue weighted by Crippen LogP contribution is -2.31. The number of ether oxygens (including phenoxy) is 1. The summed E-state index contributed by atoms with van der Waals surface area (Å²) in [5.74, 6) is -0.882. The number of carbonyl (C=O) groups excluding carboxylic acids is 3.